The second kappa shape index (κ2) is 9.54. The topological polar surface area (TPSA) is 89.8 Å². The van der Waals surface area contributed by atoms with Gasteiger partial charge >= 0.3 is 0 Å². The van der Waals surface area contributed by atoms with Gasteiger partial charge in [-0.2, -0.15) is 0 Å². The van der Waals surface area contributed by atoms with Crippen LogP contribution in [0.4, 0.5) is 0 Å². The molecule has 184 valence electrons. The van der Waals surface area contributed by atoms with Crippen LogP contribution in [-0.2, 0) is 4.79 Å². The number of nitrogens with one attached hydrogen (secondary N) is 1. The van der Waals surface area contributed by atoms with Crippen molar-refractivity contribution in [2.75, 3.05) is 13.2 Å². The maximum atomic E-state index is 12.2. The van der Waals surface area contributed by atoms with Crippen LogP contribution in [0, 0.1) is 46.3 Å². The first-order valence-electron chi connectivity index (χ1n) is 13.4. The van der Waals surface area contributed by atoms with Crippen molar-refractivity contribution in [3.05, 3.63) is 0 Å². The molecule has 0 unspecified atom stereocenters. The summed E-state index contributed by atoms with van der Waals surface area (Å²) >= 11 is 0. The minimum Gasteiger partial charge on any atom is -0.396 e. The maximum absolute atomic E-state index is 12.2. The van der Waals surface area contributed by atoms with Crippen molar-refractivity contribution in [3.63, 3.8) is 0 Å². The highest BCUT2D eigenvalue weighted by molar-refractivity contribution is 5.75. The molecule has 32 heavy (non-hydrogen) atoms. The largest absolute Gasteiger partial charge is 0.396 e. The Balaban J connectivity index is 1.42. The number of fused-ring (bicyclic) bond motifs is 5. The van der Waals surface area contributed by atoms with Crippen LogP contribution in [0.3, 0.4) is 0 Å². The van der Waals surface area contributed by atoms with Crippen LogP contribution in [0.15, 0.2) is 0 Å². The lowest BCUT2D eigenvalue weighted by molar-refractivity contribution is -0.174. The number of hydrogen-bond donors (Lipinski definition) is 4. The van der Waals surface area contributed by atoms with Gasteiger partial charge in [0.2, 0.25) is 5.91 Å². The third-order valence-electron chi connectivity index (χ3n) is 10.9. The quantitative estimate of drug-likeness (QED) is 0.444. The van der Waals surface area contributed by atoms with Crippen molar-refractivity contribution in [1.29, 1.82) is 0 Å². The Hall–Kier alpha value is -0.650. The molecule has 5 heteroatoms. The molecule has 0 aliphatic heterocycles. The summed E-state index contributed by atoms with van der Waals surface area (Å²) in [7, 11) is 0. The highest BCUT2D eigenvalue weighted by Crippen LogP contribution is 2.68. The molecule has 4 rings (SSSR count). The number of amides is 1. The van der Waals surface area contributed by atoms with Crippen LogP contribution in [0.5, 0.6) is 0 Å². The molecule has 0 aromatic heterocycles. The Morgan fingerprint density at radius 1 is 1.03 bits per heavy atom. The van der Waals surface area contributed by atoms with E-state index in [1.807, 2.05) is 0 Å². The van der Waals surface area contributed by atoms with Gasteiger partial charge < -0.3 is 20.6 Å². The summed E-state index contributed by atoms with van der Waals surface area (Å²) in [5, 5.41) is 33.4. The van der Waals surface area contributed by atoms with Crippen molar-refractivity contribution in [1.82, 2.24) is 5.32 Å². The minimum atomic E-state index is -0.223. The smallest absolute Gasteiger partial charge is 0.220 e. The molecular weight excluding hydrogens is 402 g/mol. The van der Waals surface area contributed by atoms with E-state index in [4.69, 9.17) is 5.11 Å². The van der Waals surface area contributed by atoms with Crippen molar-refractivity contribution in [2.24, 2.45) is 46.3 Å². The first kappa shape index (κ1) is 24.5. The summed E-state index contributed by atoms with van der Waals surface area (Å²) in [6.45, 7) is 7.98. The zero-order chi connectivity index (χ0) is 23.1. The van der Waals surface area contributed by atoms with E-state index in [1.54, 1.807) is 0 Å². The van der Waals surface area contributed by atoms with E-state index in [-0.39, 0.29) is 35.6 Å². The average molecular weight is 450 g/mol. The lowest BCUT2D eigenvalue weighted by Crippen LogP contribution is -2.58. The van der Waals surface area contributed by atoms with Gasteiger partial charge in [-0.3, -0.25) is 4.79 Å². The summed E-state index contributed by atoms with van der Waals surface area (Å²) in [4.78, 5) is 12.2. The molecule has 0 bridgehead atoms. The summed E-state index contributed by atoms with van der Waals surface area (Å²) < 4.78 is 0. The first-order valence-corrected chi connectivity index (χ1v) is 13.4. The molecule has 1 amide bonds. The Labute approximate surface area is 194 Å². The standard InChI is InChI=1S/C27H47NO4/c1-17(5-8-24(32)28-13-4-14-29)20-6-7-21-25-22(10-12-27(20,21)3)26(2)11-9-19(30)15-18(26)16-23(25)31/h17-23,25,29-31H,4-16H2,1-3H3,(H,28,32)/t17-,18+,19-,20-,21+,22+,23+,25+,26+,27-/m1/s1. The van der Waals surface area contributed by atoms with Gasteiger partial charge in [0.25, 0.3) is 0 Å². The predicted octanol–water partition coefficient (Wildman–Crippen LogP) is 3.89. The third kappa shape index (κ3) is 4.27. The van der Waals surface area contributed by atoms with Crippen LogP contribution in [0.2, 0.25) is 0 Å². The third-order valence-corrected chi connectivity index (χ3v) is 10.9. The molecule has 0 radical (unpaired) electrons. The Morgan fingerprint density at radius 2 is 1.75 bits per heavy atom. The van der Waals surface area contributed by atoms with Gasteiger partial charge in [-0.1, -0.05) is 20.8 Å². The van der Waals surface area contributed by atoms with Crippen LogP contribution < -0.4 is 5.32 Å². The number of carbonyl (C=O) groups is 1. The number of carbonyl (C=O) groups excluding carboxylic acids is 1. The van der Waals surface area contributed by atoms with E-state index < -0.39 is 0 Å². The lowest BCUT2D eigenvalue weighted by Gasteiger charge is -2.62. The molecule has 4 aliphatic carbocycles. The summed E-state index contributed by atoms with van der Waals surface area (Å²) in [5.41, 5.74) is 0.549. The monoisotopic (exact) mass is 449 g/mol. The fourth-order valence-electron chi connectivity index (χ4n) is 9.13. The molecule has 0 spiro atoms. The fourth-order valence-corrected chi connectivity index (χ4v) is 9.13. The lowest BCUT2D eigenvalue weighted by atomic mass is 9.43. The Bertz CT molecular complexity index is 670. The SMILES string of the molecule is C[C@H](CCC(=O)NCCCO)[C@H]1CC[C@H]2[C@@H]3[C@@H](O)C[C@@H]4C[C@H](O)CC[C@]4(C)[C@H]3CC[C@]12C. The van der Waals surface area contributed by atoms with E-state index in [0.29, 0.717) is 54.9 Å². The van der Waals surface area contributed by atoms with Gasteiger partial charge in [0.05, 0.1) is 12.2 Å². The van der Waals surface area contributed by atoms with E-state index >= 15 is 0 Å². The van der Waals surface area contributed by atoms with Gasteiger partial charge in [-0.05, 0) is 111 Å². The Morgan fingerprint density at radius 3 is 2.50 bits per heavy atom. The average Bonchev–Trinajstić information content (AvgIpc) is 3.11. The van der Waals surface area contributed by atoms with Crippen molar-refractivity contribution >= 4 is 5.91 Å². The fraction of sp³-hybridized carbons (Fsp3) is 0.963. The summed E-state index contributed by atoms with van der Waals surface area (Å²) in [6.07, 6.45) is 10.4. The Kier molecular flexibility index (Phi) is 7.30. The van der Waals surface area contributed by atoms with Gasteiger partial charge in [0.15, 0.2) is 0 Å². The molecular formula is C27H47NO4. The molecule has 5 nitrogen and oxygen atoms in total. The zero-order valence-corrected chi connectivity index (χ0v) is 20.6. The minimum absolute atomic E-state index is 0.106. The van der Waals surface area contributed by atoms with Crippen LogP contribution in [-0.4, -0.2) is 46.6 Å². The van der Waals surface area contributed by atoms with Crippen molar-refractivity contribution in [2.45, 2.75) is 104 Å². The van der Waals surface area contributed by atoms with Gasteiger partial charge in [-0.25, -0.2) is 0 Å². The summed E-state index contributed by atoms with van der Waals surface area (Å²) in [6, 6.07) is 0. The van der Waals surface area contributed by atoms with Crippen LogP contribution >= 0.6 is 0 Å². The summed E-state index contributed by atoms with van der Waals surface area (Å²) in [5.74, 6) is 3.30. The first-order chi connectivity index (χ1) is 15.2. The highest BCUT2D eigenvalue weighted by atomic mass is 16.3. The molecule has 0 aromatic rings. The second-order valence-corrected chi connectivity index (χ2v) is 12.4. The molecule has 0 saturated heterocycles. The maximum Gasteiger partial charge on any atom is 0.220 e. The number of rotatable bonds is 7. The number of aliphatic hydroxyl groups excluding tert-OH is 3. The van der Waals surface area contributed by atoms with Crippen molar-refractivity contribution in [3.8, 4) is 0 Å². The zero-order valence-electron chi connectivity index (χ0n) is 20.6. The van der Waals surface area contributed by atoms with Crippen molar-refractivity contribution < 1.29 is 20.1 Å². The normalized spacial score (nSPS) is 46.6. The van der Waals surface area contributed by atoms with E-state index in [0.717, 1.165) is 32.1 Å². The molecule has 4 saturated carbocycles. The second-order valence-electron chi connectivity index (χ2n) is 12.4. The molecule has 0 heterocycles. The van der Waals surface area contributed by atoms with E-state index in [9.17, 15) is 15.0 Å². The predicted molar refractivity (Wildman–Crippen MR) is 126 cm³/mol. The van der Waals surface area contributed by atoms with E-state index in [1.165, 1.54) is 25.7 Å². The number of hydrogen-bond acceptors (Lipinski definition) is 4. The van der Waals surface area contributed by atoms with Gasteiger partial charge in [-0.15, -0.1) is 0 Å². The van der Waals surface area contributed by atoms with Crippen LogP contribution in [0.25, 0.3) is 0 Å². The molecule has 4 fully saturated rings. The molecule has 4 N–H and O–H groups in total. The molecule has 4 aliphatic rings. The molecule has 0 aromatic carbocycles. The van der Waals surface area contributed by atoms with Crippen LogP contribution in [0.1, 0.15) is 91.4 Å². The molecule has 10 atom stereocenters. The highest BCUT2D eigenvalue weighted by Gasteiger charge is 2.62. The number of aliphatic hydroxyl groups is 3. The van der Waals surface area contributed by atoms with Gasteiger partial charge in [0.1, 0.15) is 0 Å². The van der Waals surface area contributed by atoms with Gasteiger partial charge in [0, 0.05) is 19.6 Å². The van der Waals surface area contributed by atoms with E-state index in [2.05, 4.69) is 26.1 Å².